The first-order valence-electron chi connectivity index (χ1n) is 20.0. The lowest BCUT2D eigenvalue weighted by Gasteiger charge is -2.48. The first kappa shape index (κ1) is 37.1. The van der Waals surface area contributed by atoms with Crippen LogP contribution in [0.15, 0.2) is 48.8 Å². The van der Waals surface area contributed by atoms with E-state index in [2.05, 4.69) is 57.0 Å². The molecule has 0 atom stereocenters. The minimum atomic E-state index is -1.46. The van der Waals surface area contributed by atoms with Crippen molar-refractivity contribution in [3.8, 4) is 11.3 Å². The summed E-state index contributed by atoms with van der Waals surface area (Å²) in [5.74, 6) is 0.302. The van der Waals surface area contributed by atoms with E-state index < -0.39 is 11.0 Å². The van der Waals surface area contributed by atoms with Gasteiger partial charge in [-0.2, -0.15) is 0 Å². The molecule has 3 fully saturated rings. The number of aryl methyl sites for hydroxylation is 1. The van der Waals surface area contributed by atoms with E-state index in [1.165, 1.54) is 33.1 Å². The van der Waals surface area contributed by atoms with Crippen LogP contribution in [-0.4, -0.2) is 98.1 Å². The molecule has 0 radical (unpaired) electrons. The molecule has 55 heavy (non-hydrogen) atoms. The van der Waals surface area contributed by atoms with Crippen molar-refractivity contribution < 1.29 is 19.5 Å². The van der Waals surface area contributed by atoms with Crippen LogP contribution in [-0.2, 0) is 15.0 Å². The van der Waals surface area contributed by atoms with Crippen LogP contribution in [0.3, 0.4) is 0 Å². The average Bonchev–Trinajstić information content (AvgIpc) is 3.69. The van der Waals surface area contributed by atoms with Crippen molar-refractivity contribution >= 4 is 45.9 Å². The summed E-state index contributed by atoms with van der Waals surface area (Å²) >= 11 is 0. The van der Waals surface area contributed by atoms with Crippen LogP contribution in [0.1, 0.15) is 100 Å². The van der Waals surface area contributed by atoms with Crippen molar-refractivity contribution in [1.82, 2.24) is 29.7 Å². The van der Waals surface area contributed by atoms with E-state index in [1.54, 1.807) is 11.9 Å². The van der Waals surface area contributed by atoms with Gasteiger partial charge in [-0.15, -0.1) is 0 Å². The van der Waals surface area contributed by atoms with E-state index in [-0.39, 0.29) is 29.8 Å². The molecule has 0 bridgehead atoms. The summed E-state index contributed by atoms with van der Waals surface area (Å²) in [5.41, 5.74) is 5.23. The number of anilines is 3. The van der Waals surface area contributed by atoms with Crippen LogP contribution >= 0.6 is 0 Å². The molecule has 4 aliphatic rings. The SMILES string of the molecule is CNC(=O)c1cc(Nc2nc(-c3ccc4c(c3)N(C3CC(N5CCCCC5)C3)C(=O)C43CCN(C(=O)C(C)(C)O)CC3)cc3ncn(C(C)C)c23)ccc1C. The fourth-order valence-electron chi connectivity index (χ4n) is 9.33. The van der Waals surface area contributed by atoms with Gasteiger partial charge in [0.1, 0.15) is 11.1 Å². The number of hydrogen-bond acceptors (Lipinski definition) is 8. The lowest BCUT2D eigenvalue weighted by molar-refractivity contribution is -0.150. The smallest absolute Gasteiger partial charge is 0.253 e. The number of carbonyl (C=O) groups excluding carboxylic acids is 3. The molecule has 4 aromatic rings. The minimum absolute atomic E-state index is 0.106. The Morgan fingerprint density at radius 2 is 1.69 bits per heavy atom. The number of pyridine rings is 1. The maximum Gasteiger partial charge on any atom is 0.253 e. The molecule has 3 N–H and O–H groups in total. The first-order chi connectivity index (χ1) is 26.3. The van der Waals surface area contributed by atoms with Crippen molar-refractivity contribution in [2.45, 2.75) is 109 Å². The number of nitrogens with one attached hydrogen (secondary N) is 2. The third-order valence-corrected chi connectivity index (χ3v) is 12.6. The van der Waals surface area contributed by atoms with E-state index in [4.69, 9.17) is 9.97 Å². The second-order valence-corrected chi connectivity index (χ2v) is 16.9. The molecule has 1 aliphatic carbocycles. The standard InChI is InChI=1S/C43H54N8O4/c1-26(2)50-25-45-35-24-34(47-38(37(35)50)46-29-12-10-27(3)32(21-29)39(52)44-6)28-11-13-33-36(20-28)51(31-22-30(23-31)48-16-8-7-9-17-48)41(54)43(33)14-18-49(19-15-43)40(53)42(4,5)55/h10-13,20-21,24-26,30-31,55H,7-9,14-19,22-23H2,1-6H3,(H,44,52)(H,46,47). The zero-order valence-corrected chi connectivity index (χ0v) is 33.0. The van der Waals surface area contributed by atoms with Crippen LogP contribution in [0.5, 0.6) is 0 Å². The molecule has 2 saturated heterocycles. The maximum atomic E-state index is 14.9. The summed E-state index contributed by atoms with van der Waals surface area (Å²) in [7, 11) is 1.63. The number of likely N-dealkylation sites (tertiary alicyclic amines) is 2. The zero-order valence-electron chi connectivity index (χ0n) is 33.0. The number of rotatable bonds is 8. The highest BCUT2D eigenvalue weighted by atomic mass is 16.3. The Balaban J connectivity index is 1.18. The highest BCUT2D eigenvalue weighted by Gasteiger charge is 2.56. The molecule has 12 heteroatoms. The molecule has 2 aromatic carbocycles. The molecular weight excluding hydrogens is 693 g/mol. The molecule has 8 rings (SSSR count). The summed E-state index contributed by atoms with van der Waals surface area (Å²) in [6, 6.07) is 14.8. The lowest BCUT2D eigenvalue weighted by Crippen LogP contribution is -2.59. The number of carbonyl (C=O) groups is 3. The summed E-state index contributed by atoms with van der Waals surface area (Å²) in [6.45, 7) is 12.3. The van der Waals surface area contributed by atoms with Gasteiger partial charge in [-0.3, -0.25) is 14.4 Å². The van der Waals surface area contributed by atoms with E-state index in [0.29, 0.717) is 43.4 Å². The maximum absolute atomic E-state index is 14.9. The molecule has 12 nitrogen and oxygen atoms in total. The normalized spacial score (nSPS) is 21.3. The van der Waals surface area contributed by atoms with E-state index in [0.717, 1.165) is 70.7 Å². The number of nitrogens with zero attached hydrogens (tertiary/aromatic N) is 6. The second kappa shape index (κ2) is 14.0. The summed E-state index contributed by atoms with van der Waals surface area (Å²) < 4.78 is 2.10. The number of aromatic nitrogens is 3. The van der Waals surface area contributed by atoms with Crippen LogP contribution in [0.2, 0.25) is 0 Å². The van der Waals surface area contributed by atoms with Crippen LogP contribution < -0.4 is 15.5 Å². The van der Waals surface area contributed by atoms with Crippen molar-refractivity contribution in [2.24, 2.45) is 0 Å². The molecule has 2 aromatic heterocycles. The molecule has 3 aliphatic heterocycles. The van der Waals surface area contributed by atoms with Crippen LogP contribution in [0.4, 0.5) is 17.2 Å². The van der Waals surface area contributed by atoms with Crippen molar-refractivity contribution in [1.29, 1.82) is 0 Å². The average molecular weight is 747 g/mol. The van der Waals surface area contributed by atoms with Gasteiger partial charge >= 0.3 is 0 Å². The first-order valence-corrected chi connectivity index (χ1v) is 20.0. The Hall–Kier alpha value is -4.81. The van der Waals surface area contributed by atoms with Gasteiger partial charge in [-0.05, 0) is 122 Å². The highest BCUT2D eigenvalue weighted by Crippen LogP contribution is 2.52. The fraction of sp³-hybridized carbons (Fsp3) is 0.512. The van der Waals surface area contributed by atoms with Crippen molar-refractivity contribution in [3.63, 3.8) is 0 Å². The minimum Gasteiger partial charge on any atom is -0.381 e. The van der Waals surface area contributed by atoms with Crippen LogP contribution in [0.25, 0.3) is 22.3 Å². The molecule has 1 saturated carbocycles. The molecule has 0 unspecified atom stereocenters. The lowest BCUT2D eigenvalue weighted by atomic mass is 9.73. The fourth-order valence-corrected chi connectivity index (χ4v) is 9.33. The number of fused-ring (bicyclic) bond motifs is 3. The molecule has 1 spiro atoms. The third kappa shape index (κ3) is 6.46. The van der Waals surface area contributed by atoms with Gasteiger partial charge in [0.05, 0.1) is 23.0 Å². The predicted octanol–water partition coefficient (Wildman–Crippen LogP) is 6.09. The number of imidazole rings is 1. The number of aliphatic hydroxyl groups is 1. The molecule has 290 valence electrons. The molecule has 5 heterocycles. The van der Waals surface area contributed by atoms with Crippen molar-refractivity contribution in [2.75, 3.05) is 43.4 Å². The van der Waals surface area contributed by atoms with E-state index in [1.807, 2.05) is 37.5 Å². The second-order valence-electron chi connectivity index (χ2n) is 16.9. The Labute approximate surface area is 323 Å². The van der Waals surface area contributed by atoms with Gasteiger partial charge in [-0.25, -0.2) is 9.97 Å². The van der Waals surface area contributed by atoms with E-state index >= 15 is 0 Å². The Morgan fingerprint density at radius 1 is 0.964 bits per heavy atom. The number of piperidine rings is 2. The molecular formula is C43H54N8O4. The number of amides is 3. The largest absolute Gasteiger partial charge is 0.381 e. The zero-order chi connectivity index (χ0) is 38.8. The third-order valence-electron chi connectivity index (χ3n) is 12.6. The summed E-state index contributed by atoms with van der Waals surface area (Å²) in [6.07, 6.45) is 8.54. The van der Waals surface area contributed by atoms with Gasteiger partial charge in [0, 0.05) is 60.8 Å². The van der Waals surface area contributed by atoms with Crippen molar-refractivity contribution in [3.05, 3.63) is 65.5 Å². The highest BCUT2D eigenvalue weighted by molar-refractivity contribution is 6.09. The monoisotopic (exact) mass is 746 g/mol. The van der Waals surface area contributed by atoms with E-state index in [9.17, 15) is 19.5 Å². The Morgan fingerprint density at radius 3 is 2.36 bits per heavy atom. The summed E-state index contributed by atoms with van der Waals surface area (Å²) in [4.78, 5) is 57.1. The van der Waals surface area contributed by atoms with Gasteiger partial charge in [0.15, 0.2) is 5.82 Å². The number of hydrogen-bond donors (Lipinski definition) is 3. The van der Waals surface area contributed by atoms with Gasteiger partial charge in [0.25, 0.3) is 11.8 Å². The van der Waals surface area contributed by atoms with Crippen LogP contribution in [0, 0.1) is 6.92 Å². The topological polar surface area (TPSA) is 136 Å². The Kier molecular flexibility index (Phi) is 9.48. The predicted molar refractivity (Wildman–Crippen MR) is 215 cm³/mol. The summed E-state index contributed by atoms with van der Waals surface area (Å²) in [5, 5.41) is 16.7. The van der Waals surface area contributed by atoms with Gasteiger partial charge in [-0.1, -0.05) is 24.6 Å². The quantitative estimate of drug-likeness (QED) is 0.197. The molecule has 3 amide bonds. The Bertz CT molecular complexity index is 2150. The number of benzene rings is 2. The van der Waals surface area contributed by atoms with Gasteiger partial charge in [0.2, 0.25) is 5.91 Å². The van der Waals surface area contributed by atoms with Gasteiger partial charge < -0.3 is 35.0 Å².